The van der Waals surface area contributed by atoms with E-state index < -0.39 is 23.9 Å². The van der Waals surface area contributed by atoms with Crippen molar-refractivity contribution in [2.24, 2.45) is 4.99 Å². The highest BCUT2D eigenvalue weighted by atomic mass is 32.2. The molecule has 0 aromatic carbocycles. The third-order valence-electron chi connectivity index (χ3n) is 4.71. The Balaban J connectivity index is 2.34. The predicted molar refractivity (Wildman–Crippen MR) is 99.0 cm³/mol. The van der Waals surface area contributed by atoms with Gasteiger partial charge < -0.3 is 9.47 Å². The van der Waals surface area contributed by atoms with Crippen molar-refractivity contribution in [3.63, 3.8) is 0 Å². The number of amidine groups is 1. The summed E-state index contributed by atoms with van der Waals surface area (Å²) >= 11 is 1.33. The van der Waals surface area contributed by atoms with Crippen LogP contribution in [0, 0.1) is 0 Å². The molecule has 1 aliphatic carbocycles. The molecule has 2 atom stereocenters. The van der Waals surface area contributed by atoms with Crippen molar-refractivity contribution in [1.29, 1.82) is 0 Å². The van der Waals surface area contributed by atoms with Gasteiger partial charge in [-0.2, -0.15) is 13.2 Å². The molecule has 0 radical (unpaired) electrons. The maximum Gasteiger partial charge on any atom is 0.448 e. The fourth-order valence-electron chi connectivity index (χ4n) is 3.27. The third-order valence-corrected chi connectivity index (χ3v) is 5.79. The molecule has 1 saturated carbocycles. The lowest BCUT2D eigenvalue weighted by atomic mass is 9.94. The number of thioether (sulfide) groups is 1. The summed E-state index contributed by atoms with van der Waals surface area (Å²) in [5, 5.41) is 2.25. The number of hydrogen-bond donors (Lipinski definition) is 1. The SMILES string of the molecule is CCOC(=O)[C@](NC(=O)N(C1=NC[C@@H](C)S1)C1CCCCC1)(OC)C(F)(F)F. The number of amides is 2. The average molecular weight is 425 g/mol. The first-order chi connectivity index (χ1) is 13.2. The molecule has 0 aromatic rings. The van der Waals surface area contributed by atoms with Gasteiger partial charge in [0.05, 0.1) is 13.2 Å². The van der Waals surface area contributed by atoms with E-state index in [2.05, 4.69) is 14.5 Å². The maximum atomic E-state index is 13.8. The van der Waals surface area contributed by atoms with Crippen LogP contribution in [-0.4, -0.2) is 65.5 Å². The Labute approximate surface area is 166 Å². The molecule has 160 valence electrons. The Hall–Kier alpha value is -1.49. The van der Waals surface area contributed by atoms with Crippen molar-refractivity contribution in [2.75, 3.05) is 20.3 Å². The highest BCUT2D eigenvalue weighted by Crippen LogP contribution is 2.34. The lowest BCUT2D eigenvalue weighted by Gasteiger charge is -2.38. The molecule has 1 heterocycles. The first-order valence-electron chi connectivity index (χ1n) is 9.27. The lowest BCUT2D eigenvalue weighted by molar-refractivity contribution is -0.277. The van der Waals surface area contributed by atoms with Crippen molar-refractivity contribution in [3.8, 4) is 0 Å². The third kappa shape index (κ3) is 4.73. The molecule has 0 spiro atoms. The summed E-state index contributed by atoms with van der Waals surface area (Å²) in [6, 6.07) is -1.35. The van der Waals surface area contributed by atoms with Crippen LogP contribution in [0.3, 0.4) is 0 Å². The highest BCUT2D eigenvalue weighted by molar-refractivity contribution is 8.14. The van der Waals surface area contributed by atoms with E-state index in [9.17, 15) is 22.8 Å². The van der Waals surface area contributed by atoms with Gasteiger partial charge in [-0.3, -0.25) is 15.2 Å². The van der Waals surface area contributed by atoms with Crippen molar-refractivity contribution >= 4 is 28.9 Å². The van der Waals surface area contributed by atoms with E-state index in [1.165, 1.54) is 23.6 Å². The molecule has 2 aliphatic rings. The van der Waals surface area contributed by atoms with Crippen molar-refractivity contribution in [2.45, 2.75) is 69.1 Å². The van der Waals surface area contributed by atoms with Crippen LogP contribution in [-0.2, 0) is 14.3 Å². The molecule has 1 N–H and O–H groups in total. The minimum Gasteiger partial charge on any atom is -0.462 e. The van der Waals surface area contributed by atoms with Crippen LogP contribution in [0.2, 0.25) is 0 Å². The quantitative estimate of drug-likeness (QED) is 0.540. The molecular weight excluding hydrogens is 399 g/mol. The fourth-order valence-corrected chi connectivity index (χ4v) is 4.28. The topological polar surface area (TPSA) is 80.2 Å². The van der Waals surface area contributed by atoms with E-state index in [4.69, 9.17) is 0 Å². The molecular formula is C17H26F3N3O4S. The molecule has 0 unspecified atom stereocenters. The van der Waals surface area contributed by atoms with Gasteiger partial charge in [-0.25, -0.2) is 9.59 Å². The summed E-state index contributed by atoms with van der Waals surface area (Å²) in [6.07, 6.45) is -1.14. The molecule has 2 rings (SSSR count). The molecule has 28 heavy (non-hydrogen) atoms. The number of rotatable bonds is 5. The smallest absolute Gasteiger partial charge is 0.448 e. The largest absolute Gasteiger partial charge is 0.462 e. The zero-order valence-corrected chi connectivity index (χ0v) is 17.0. The maximum absolute atomic E-state index is 13.8. The van der Waals surface area contributed by atoms with Gasteiger partial charge in [0.2, 0.25) is 0 Å². The molecule has 0 aromatic heterocycles. The number of hydrogen-bond acceptors (Lipinski definition) is 6. The molecule has 7 nitrogen and oxygen atoms in total. The van der Waals surface area contributed by atoms with Crippen LogP contribution in [0.4, 0.5) is 18.0 Å². The second kappa shape index (κ2) is 9.34. The molecule has 2 amide bonds. The lowest BCUT2D eigenvalue weighted by Crippen LogP contribution is -2.68. The van der Waals surface area contributed by atoms with Gasteiger partial charge in [0.15, 0.2) is 5.17 Å². The Morgan fingerprint density at radius 2 is 1.93 bits per heavy atom. The Bertz CT molecular complexity index is 611. The number of nitrogens with zero attached hydrogens (tertiary/aromatic N) is 2. The van der Waals surface area contributed by atoms with Gasteiger partial charge >= 0.3 is 23.9 Å². The summed E-state index contributed by atoms with van der Waals surface area (Å²) < 4.78 is 50.3. The van der Waals surface area contributed by atoms with Crippen LogP contribution in [0.25, 0.3) is 0 Å². The van der Waals surface area contributed by atoms with E-state index in [0.717, 1.165) is 19.3 Å². The summed E-state index contributed by atoms with van der Waals surface area (Å²) in [4.78, 5) is 30.7. The van der Waals surface area contributed by atoms with Crippen LogP contribution >= 0.6 is 11.8 Å². The first kappa shape index (κ1) is 22.8. The van der Waals surface area contributed by atoms with Gasteiger partial charge in [0.25, 0.3) is 0 Å². The van der Waals surface area contributed by atoms with Gasteiger partial charge in [0.1, 0.15) is 0 Å². The number of aliphatic imine (C=N–C) groups is 1. The highest BCUT2D eigenvalue weighted by Gasteiger charge is 2.65. The predicted octanol–water partition coefficient (Wildman–Crippen LogP) is 3.29. The Kier molecular flexibility index (Phi) is 7.60. The number of alkyl halides is 3. The summed E-state index contributed by atoms with van der Waals surface area (Å²) in [5.74, 6) is -1.71. The zero-order chi connectivity index (χ0) is 20.9. The van der Waals surface area contributed by atoms with E-state index in [1.54, 1.807) is 5.32 Å². The van der Waals surface area contributed by atoms with Gasteiger partial charge in [-0.15, -0.1) is 0 Å². The van der Waals surface area contributed by atoms with Gasteiger partial charge in [0, 0.05) is 18.4 Å². The number of nitrogens with one attached hydrogen (secondary N) is 1. The van der Waals surface area contributed by atoms with Crippen molar-refractivity contribution in [3.05, 3.63) is 0 Å². The van der Waals surface area contributed by atoms with Crippen LogP contribution in [0.15, 0.2) is 4.99 Å². The monoisotopic (exact) mass is 425 g/mol. The number of carbonyl (C=O) groups is 2. The van der Waals surface area contributed by atoms with Crippen LogP contribution in [0.1, 0.15) is 46.0 Å². The van der Waals surface area contributed by atoms with Crippen LogP contribution < -0.4 is 5.32 Å². The minimum absolute atomic E-state index is 0.119. The summed E-state index contributed by atoms with van der Waals surface area (Å²) in [6.45, 7) is 3.48. The molecule has 0 saturated heterocycles. The average Bonchev–Trinajstić information content (AvgIpc) is 3.05. The fraction of sp³-hybridized carbons (Fsp3) is 0.824. The number of halogens is 3. The Morgan fingerprint density at radius 1 is 1.29 bits per heavy atom. The standard InChI is InChI=1S/C17H26F3N3O4S/c1-4-27-13(24)16(26-3,17(18,19)20)22-14(25)23(12-8-6-5-7-9-12)15-21-10-11(2)28-15/h11-12H,4-10H2,1-3H3,(H,22,25)/t11-,16+/m1/s1. The molecule has 1 aliphatic heterocycles. The minimum atomic E-state index is -5.21. The zero-order valence-electron chi connectivity index (χ0n) is 16.2. The van der Waals surface area contributed by atoms with E-state index >= 15 is 0 Å². The van der Waals surface area contributed by atoms with Crippen molar-refractivity contribution in [1.82, 2.24) is 10.2 Å². The number of methoxy groups -OCH3 is 1. The number of carbonyl (C=O) groups excluding carboxylic acids is 2. The molecule has 1 fully saturated rings. The van der Waals surface area contributed by atoms with Gasteiger partial charge in [-0.05, 0) is 19.8 Å². The first-order valence-corrected chi connectivity index (χ1v) is 10.2. The van der Waals surface area contributed by atoms with Crippen molar-refractivity contribution < 1.29 is 32.2 Å². The Morgan fingerprint density at radius 3 is 2.39 bits per heavy atom. The van der Waals surface area contributed by atoms with E-state index in [0.29, 0.717) is 31.7 Å². The number of urea groups is 1. The second-order valence-electron chi connectivity index (χ2n) is 6.75. The second-order valence-corrected chi connectivity index (χ2v) is 8.15. The number of esters is 1. The van der Waals surface area contributed by atoms with E-state index in [1.807, 2.05) is 6.92 Å². The van der Waals surface area contributed by atoms with Crippen LogP contribution in [0.5, 0.6) is 0 Å². The summed E-state index contributed by atoms with van der Waals surface area (Å²) in [7, 11) is 0.708. The van der Waals surface area contributed by atoms with E-state index in [-0.39, 0.29) is 17.9 Å². The van der Waals surface area contributed by atoms with Gasteiger partial charge in [-0.1, -0.05) is 37.9 Å². The molecule has 0 bridgehead atoms. The number of ether oxygens (including phenoxy) is 2. The molecule has 11 heteroatoms. The summed E-state index contributed by atoms with van der Waals surface area (Å²) in [5.41, 5.74) is -3.58. The normalized spacial score (nSPS) is 22.9.